The van der Waals surface area contributed by atoms with E-state index in [-0.39, 0.29) is 0 Å². The van der Waals surface area contributed by atoms with Gasteiger partial charge in [-0.05, 0) is 42.5 Å². The summed E-state index contributed by atoms with van der Waals surface area (Å²) in [4.78, 5) is 1.56. The van der Waals surface area contributed by atoms with Gasteiger partial charge in [0.05, 0.1) is 12.2 Å². The molecule has 0 saturated heterocycles. The molecule has 0 saturated carbocycles. The Labute approximate surface area is 114 Å². The molecule has 0 aliphatic carbocycles. The van der Waals surface area contributed by atoms with Crippen LogP contribution in [0.5, 0.6) is 0 Å². The van der Waals surface area contributed by atoms with Crippen LogP contribution in [-0.2, 0) is 6.54 Å². The average Bonchev–Trinajstić information content (AvgIpc) is 3.07. The summed E-state index contributed by atoms with van der Waals surface area (Å²) in [7, 11) is 0. The van der Waals surface area contributed by atoms with E-state index < -0.39 is 0 Å². The fraction of sp³-hybridized carbons (Fsp3) is 0.167. The third kappa shape index (κ3) is 2.19. The van der Waals surface area contributed by atoms with Gasteiger partial charge in [0.2, 0.25) is 5.82 Å². The van der Waals surface area contributed by atoms with Crippen LogP contribution in [0.4, 0.5) is 0 Å². The maximum absolute atomic E-state index is 5.21. The zero-order chi connectivity index (χ0) is 13.2. The van der Waals surface area contributed by atoms with E-state index in [0.29, 0.717) is 12.4 Å². The van der Waals surface area contributed by atoms with Crippen molar-refractivity contribution in [1.82, 2.24) is 30.0 Å². The van der Waals surface area contributed by atoms with Crippen molar-refractivity contribution in [3.05, 3.63) is 41.2 Å². The van der Waals surface area contributed by atoms with Crippen LogP contribution >= 0.6 is 12.2 Å². The van der Waals surface area contributed by atoms with Crippen LogP contribution in [0.1, 0.15) is 6.92 Å². The molecule has 6 nitrogen and oxygen atoms in total. The van der Waals surface area contributed by atoms with E-state index in [0.717, 1.165) is 15.9 Å². The normalized spacial score (nSPS) is 10.8. The molecule has 0 aliphatic heterocycles. The molecule has 1 N–H and O–H groups in total. The zero-order valence-corrected chi connectivity index (χ0v) is 11.1. The van der Waals surface area contributed by atoms with E-state index in [2.05, 4.69) is 20.5 Å². The fourth-order valence-corrected chi connectivity index (χ4v) is 2.00. The number of nitrogens with zero attached hydrogens (tertiary/aromatic N) is 5. The zero-order valence-electron chi connectivity index (χ0n) is 10.3. The molecule has 1 aromatic carbocycles. The van der Waals surface area contributed by atoms with E-state index >= 15 is 0 Å². The second-order valence-electron chi connectivity index (χ2n) is 3.98. The summed E-state index contributed by atoms with van der Waals surface area (Å²) in [6.45, 7) is 2.68. The molecular weight excluding hydrogens is 260 g/mol. The quantitative estimate of drug-likeness (QED) is 0.742. The highest BCUT2D eigenvalue weighted by molar-refractivity contribution is 7.71. The van der Waals surface area contributed by atoms with Crippen molar-refractivity contribution in [2.75, 3.05) is 0 Å². The molecule has 0 spiro atoms. The number of H-pyrrole nitrogens is 1. The van der Waals surface area contributed by atoms with E-state index in [1.54, 1.807) is 4.80 Å². The third-order valence-electron chi connectivity index (χ3n) is 2.77. The molecule has 3 rings (SSSR count). The average molecular weight is 272 g/mol. The Kier molecular flexibility index (Phi) is 2.96. The molecule has 0 bridgehead atoms. The van der Waals surface area contributed by atoms with Crippen molar-refractivity contribution in [2.24, 2.45) is 0 Å². The molecule has 96 valence electrons. The van der Waals surface area contributed by atoms with Gasteiger partial charge >= 0.3 is 0 Å². The smallest absolute Gasteiger partial charge is 0.204 e. The van der Waals surface area contributed by atoms with Gasteiger partial charge in [0.1, 0.15) is 4.64 Å². The minimum Gasteiger partial charge on any atom is -0.300 e. The number of aromatic nitrogens is 6. The van der Waals surface area contributed by atoms with Crippen molar-refractivity contribution in [3.8, 4) is 17.1 Å². The van der Waals surface area contributed by atoms with Gasteiger partial charge in [-0.3, -0.25) is 0 Å². The highest BCUT2D eigenvalue weighted by Gasteiger charge is 2.05. The molecule has 2 heterocycles. The van der Waals surface area contributed by atoms with Gasteiger partial charge in [0.15, 0.2) is 0 Å². The summed E-state index contributed by atoms with van der Waals surface area (Å²) in [5, 5.41) is 15.3. The summed E-state index contributed by atoms with van der Waals surface area (Å²) >= 11 is 5.21. The summed E-state index contributed by atoms with van der Waals surface area (Å²) in [5.41, 5.74) is 1.91. The van der Waals surface area contributed by atoms with Crippen LogP contribution in [0.2, 0.25) is 0 Å². The van der Waals surface area contributed by atoms with Crippen LogP contribution in [0.3, 0.4) is 0 Å². The summed E-state index contributed by atoms with van der Waals surface area (Å²) in [6.07, 6.45) is 1.81. The van der Waals surface area contributed by atoms with Crippen molar-refractivity contribution in [3.63, 3.8) is 0 Å². The second-order valence-corrected chi connectivity index (χ2v) is 4.40. The Morgan fingerprint density at radius 2 is 2.00 bits per heavy atom. The Balaban J connectivity index is 1.95. The molecule has 0 radical (unpaired) electrons. The number of benzene rings is 1. The number of aryl methyl sites for hydroxylation is 1. The van der Waals surface area contributed by atoms with Crippen molar-refractivity contribution < 1.29 is 0 Å². The van der Waals surface area contributed by atoms with Crippen molar-refractivity contribution >= 4 is 12.2 Å². The van der Waals surface area contributed by atoms with Crippen LogP contribution in [0.15, 0.2) is 36.5 Å². The highest BCUT2D eigenvalue weighted by Crippen LogP contribution is 2.16. The number of aromatic amines is 1. The van der Waals surface area contributed by atoms with Gasteiger partial charge in [0, 0.05) is 11.8 Å². The first-order valence-electron chi connectivity index (χ1n) is 5.93. The SMILES string of the molecule is CCn1nnc(-c2ccc(-n3[nH]ccc3=S)cc2)n1. The molecular formula is C12H12N6S. The van der Waals surface area contributed by atoms with Crippen molar-refractivity contribution in [2.45, 2.75) is 13.5 Å². The summed E-state index contributed by atoms with van der Waals surface area (Å²) < 4.78 is 2.57. The molecule has 0 fully saturated rings. The Morgan fingerprint density at radius 1 is 1.21 bits per heavy atom. The maximum atomic E-state index is 5.21. The standard InChI is InChI=1S/C12H12N6S/c1-2-17-15-12(14-16-17)9-3-5-10(6-4-9)18-11(19)7-8-13-18/h3-8,13H,2H2,1H3. The lowest BCUT2D eigenvalue weighted by atomic mass is 10.2. The fourth-order valence-electron chi connectivity index (χ4n) is 1.78. The van der Waals surface area contributed by atoms with Gasteiger partial charge < -0.3 is 5.10 Å². The second kappa shape index (κ2) is 4.77. The first kappa shape index (κ1) is 11.8. The minimum atomic E-state index is 0.628. The number of hydrogen-bond donors (Lipinski definition) is 1. The Hall–Kier alpha value is -2.28. The molecule has 0 aliphatic rings. The molecule has 0 amide bonds. The number of hydrogen-bond acceptors (Lipinski definition) is 4. The van der Waals surface area contributed by atoms with Crippen LogP contribution in [0, 0.1) is 4.64 Å². The monoisotopic (exact) mass is 272 g/mol. The van der Waals surface area contributed by atoms with Gasteiger partial charge in [-0.15, -0.1) is 10.2 Å². The topological polar surface area (TPSA) is 64.3 Å². The first-order valence-corrected chi connectivity index (χ1v) is 6.34. The largest absolute Gasteiger partial charge is 0.300 e. The molecule has 2 aromatic heterocycles. The molecule has 19 heavy (non-hydrogen) atoms. The number of tetrazole rings is 1. The van der Waals surface area contributed by atoms with E-state index in [4.69, 9.17) is 12.2 Å². The Bertz CT molecular complexity index is 736. The van der Waals surface area contributed by atoms with Crippen LogP contribution in [-0.4, -0.2) is 30.0 Å². The predicted octanol–water partition coefficient (Wildman–Crippen LogP) is 2.21. The number of nitrogens with one attached hydrogen (secondary N) is 1. The Morgan fingerprint density at radius 3 is 2.58 bits per heavy atom. The minimum absolute atomic E-state index is 0.628. The van der Waals surface area contributed by atoms with Gasteiger partial charge in [-0.2, -0.15) is 4.80 Å². The summed E-state index contributed by atoms with van der Waals surface area (Å²) in [6, 6.07) is 9.68. The number of rotatable bonds is 3. The van der Waals surface area contributed by atoms with E-state index in [9.17, 15) is 0 Å². The molecule has 0 atom stereocenters. The maximum Gasteiger partial charge on any atom is 0.204 e. The third-order valence-corrected chi connectivity index (χ3v) is 3.09. The van der Waals surface area contributed by atoms with Crippen LogP contribution < -0.4 is 0 Å². The van der Waals surface area contributed by atoms with E-state index in [1.807, 2.05) is 48.1 Å². The lowest BCUT2D eigenvalue weighted by molar-refractivity contribution is 0.553. The van der Waals surface area contributed by atoms with Crippen molar-refractivity contribution in [1.29, 1.82) is 0 Å². The molecule has 3 aromatic rings. The lowest BCUT2D eigenvalue weighted by Gasteiger charge is -2.03. The summed E-state index contributed by atoms with van der Waals surface area (Å²) in [5.74, 6) is 0.628. The van der Waals surface area contributed by atoms with Crippen LogP contribution in [0.25, 0.3) is 17.1 Å². The molecule has 7 heteroatoms. The first-order chi connectivity index (χ1) is 9.28. The van der Waals surface area contributed by atoms with Gasteiger partial charge in [-0.25, -0.2) is 4.68 Å². The molecule has 0 unspecified atom stereocenters. The lowest BCUT2D eigenvalue weighted by Crippen LogP contribution is -1.98. The van der Waals surface area contributed by atoms with Gasteiger partial charge in [0.25, 0.3) is 0 Å². The van der Waals surface area contributed by atoms with E-state index in [1.165, 1.54) is 0 Å². The highest BCUT2D eigenvalue weighted by atomic mass is 32.1. The predicted molar refractivity (Wildman–Crippen MR) is 73.4 cm³/mol. The van der Waals surface area contributed by atoms with Gasteiger partial charge in [-0.1, -0.05) is 12.2 Å².